The second-order valence-corrected chi connectivity index (χ2v) is 5.32. The van der Waals surface area contributed by atoms with Crippen LogP contribution < -0.4 is 10.6 Å². The summed E-state index contributed by atoms with van der Waals surface area (Å²) in [5.41, 5.74) is -0.167. The van der Waals surface area contributed by atoms with Crippen molar-refractivity contribution in [2.24, 2.45) is 0 Å². The molecule has 0 aliphatic carbocycles. The van der Waals surface area contributed by atoms with Gasteiger partial charge in [-0.2, -0.15) is 13.2 Å². The predicted octanol–water partition coefficient (Wildman–Crippen LogP) is 4.01. The Hall–Kier alpha value is -2.90. The highest BCUT2D eigenvalue weighted by molar-refractivity contribution is 6.05. The first-order chi connectivity index (χ1) is 11.7. The van der Waals surface area contributed by atoms with E-state index in [1.807, 2.05) is 0 Å². The Balaban J connectivity index is 2.22. The molecule has 5 nitrogen and oxygen atoms in total. The lowest BCUT2D eigenvalue weighted by atomic mass is 10.1. The van der Waals surface area contributed by atoms with Crippen molar-refractivity contribution in [3.8, 4) is 0 Å². The summed E-state index contributed by atoms with van der Waals surface area (Å²) < 4.78 is 38.2. The molecule has 1 aromatic carbocycles. The van der Waals surface area contributed by atoms with Gasteiger partial charge < -0.3 is 10.6 Å². The number of hydrogen-bond donors (Lipinski definition) is 2. The molecular formula is C17H16F3N3O2. The minimum absolute atomic E-state index is 0.0217. The van der Waals surface area contributed by atoms with Crippen molar-refractivity contribution < 1.29 is 22.8 Å². The van der Waals surface area contributed by atoms with Crippen LogP contribution in [0.1, 0.15) is 35.0 Å². The quantitative estimate of drug-likeness (QED) is 0.874. The standard InChI is InChI=1S/C17H16F3N3O2/c1-3-15(24)23-14-8-11(7-10(2)21-14)16(25)22-13-6-4-5-12(9-13)17(18,19)20/h4-9H,3H2,1-2H3,(H,22,25)(H,21,23,24). The second-order valence-electron chi connectivity index (χ2n) is 5.32. The summed E-state index contributed by atoms with van der Waals surface area (Å²) in [5.74, 6) is -0.653. The monoisotopic (exact) mass is 351 g/mol. The fourth-order valence-corrected chi connectivity index (χ4v) is 2.07. The van der Waals surface area contributed by atoms with E-state index in [2.05, 4.69) is 15.6 Å². The van der Waals surface area contributed by atoms with Crippen LogP contribution in [0.5, 0.6) is 0 Å². The Morgan fingerprint density at radius 1 is 1.12 bits per heavy atom. The van der Waals surface area contributed by atoms with Gasteiger partial charge >= 0.3 is 6.18 Å². The number of hydrogen-bond acceptors (Lipinski definition) is 3. The molecule has 0 aliphatic heterocycles. The topological polar surface area (TPSA) is 71.1 Å². The van der Waals surface area contributed by atoms with Gasteiger partial charge in [-0.15, -0.1) is 0 Å². The Labute approximate surface area is 142 Å². The maximum absolute atomic E-state index is 12.7. The van der Waals surface area contributed by atoms with Crippen LogP contribution in [0.4, 0.5) is 24.7 Å². The number of pyridine rings is 1. The van der Waals surface area contributed by atoms with Gasteiger partial charge in [0.05, 0.1) is 5.56 Å². The molecule has 0 fully saturated rings. The molecule has 2 rings (SSSR count). The number of anilines is 2. The van der Waals surface area contributed by atoms with E-state index in [9.17, 15) is 22.8 Å². The summed E-state index contributed by atoms with van der Waals surface area (Å²) >= 11 is 0. The number of halogens is 3. The van der Waals surface area contributed by atoms with Crippen LogP contribution in [0.2, 0.25) is 0 Å². The lowest BCUT2D eigenvalue weighted by molar-refractivity contribution is -0.137. The zero-order valence-electron chi connectivity index (χ0n) is 13.6. The lowest BCUT2D eigenvalue weighted by Gasteiger charge is -2.11. The molecule has 25 heavy (non-hydrogen) atoms. The molecule has 132 valence electrons. The van der Waals surface area contributed by atoms with Crippen molar-refractivity contribution in [3.05, 3.63) is 53.2 Å². The van der Waals surface area contributed by atoms with E-state index in [1.54, 1.807) is 13.8 Å². The van der Waals surface area contributed by atoms with E-state index in [1.165, 1.54) is 24.3 Å². The highest BCUT2D eigenvalue weighted by Gasteiger charge is 2.30. The van der Waals surface area contributed by atoms with Crippen molar-refractivity contribution in [2.75, 3.05) is 10.6 Å². The number of carbonyl (C=O) groups excluding carboxylic acids is 2. The Kier molecular flexibility index (Phi) is 5.41. The van der Waals surface area contributed by atoms with Crippen LogP contribution >= 0.6 is 0 Å². The number of aryl methyl sites for hydroxylation is 1. The normalized spacial score (nSPS) is 11.1. The van der Waals surface area contributed by atoms with Crippen molar-refractivity contribution in [3.63, 3.8) is 0 Å². The summed E-state index contributed by atoms with van der Waals surface area (Å²) in [6, 6.07) is 7.19. The number of benzene rings is 1. The number of nitrogens with one attached hydrogen (secondary N) is 2. The van der Waals surface area contributed by atoms with Crippen LogP contribution in [0.25, 0.3) is 0 Å². The molecule has 0 radical (unpaired) electrons. The number of nitrogens with zero attached hydrogens (tertiary/aromatic N) is 1. The largest absolute Gasteiger partial charge is 0.416 e. The van der Waals surface area contributed by atoms with E-state index in [4.69, 9.17) is 0 Å². The third kappa shape index (κ3) is 5.03. The van der Waals surface area contributed by atoms with Gasteiger partial charge in [0.1, 0.15) is 5.82 Å². The van der Waals surface area contributed by atoms with Gasteiger partial charge in [0, 0.05) is 23.4 Å². The predicted molar refractivity (Wildman–Crippen MR) is 87.3 cm³/mol. The van der Waals surface area contributed by atoms with Crippen molar-refractivity contribution >= 4 is 23.3 Å². The Morgan fingerprint density at radius 3 is 2.48 bits per heavy atom. The molecule has 1 heterocycles. The number of amides is 2. The molecule has 2 N–H and O–H groups in total. The van der Waals surface area contributed by atoms with Gasteiger partial charge in [-0.3, -0.25) is 9.59 Å². The highest BCUT2D eigenvalue weighted by Crippen LogP contribution is 2.30. The average Bonchev–Trinajstić information content (AvgIpc) is 2.53. The van der Waals surface area contributed by atoms with E-state index < -0.39 is 17.6 Å². The molecule has 0 saturated carbocycles. The van der Waals surface area contributed by atoms with Gasteiger partial charge in [-0.1, -0.05) is 13.0 Å². The third-order valence-electron chi connectivity index (χ3n) is 3.25. The molecule has 2 aromatic rings. The molecule has 0 unspecified atom stereocenters. The number of alkyl halides is 3. The van der Waals surface area contributed by atoms with E-state index in [0.717, 1.165) is 12.1 Å². The van der Waals surface area contributed by atoms with Crippen molar-refractivity contribution in [1.29, 1.82) is 0 Å². The van der Waals surface area contributed by atoms with Crippen LogP contribution in [0.15, 0.2) is 36.4 Å². The van der Waals surface area contributed by atoms with E-state index in [0.29, 0.717) is 5.69 Å². The van der Waals surface area contributed by atoms with Gasteiger partial charge in [-0.25, -0.2) is 4.98 Å². The minimum Gasteiger partial charge on any atom is -0.322 e. The molecule has 0 bridgehead atoms. The van der Waals surface area contributed by atoms with Gasteiger partial charge in [0.25, 0.3) is 5.91 Å². The molecule has 0 aliphatic rings. The molecule has 0 saturated heterocycles. The van der Waals surface area contributed by atoms with E-state index >= 15 is 0 Å². The summed E-state index contributed by atoms with van der Waals surface area (Å²) in [7, 11) is 0. The van der Waals surface area contributed by atoms with Gasteiger partial charge in [0.15, 0.2) is 0 Å². The van der Waals surface area contributed by atoms with Crippen LogP contribution in [0, 0.1) is 6.92 Å². The van der Waals surface area contributed by atoms with Gasteiger partial charge in [0.2, 0.25) is 5.91 Å². The van der Waals surface area contributed by atoms with Crippen LogP contribution in [-0.4, -0.2) is 16.8 Å². The number of rotatable bonds is 4. The Bertz CT molecular complexity index is 804. The number of carbonyl (C=O) groups is 2. The first kappa shape index (κ1) is 18.4. The zero-order chi connectivity index (χ0) is 18.6. The maximum Gasteiger partial charge on any atom is 0.416 e. The fourth-order valence-electron chi connectivity index (χ4n) is 2.07. The maximum atomic E-state index is 12.7. The lowest BCUT2D eigenvalue weighted by Crippen LogP contribution is -2.16. The summed E-state index contributed by atoms with van der Waals surface area (Å²) in [4.78, 5) is 27.8. The molecule has 8 heteroatoms. The molecule has 1 aromatic heterocycles. The highest BCUT2D eigenvalue weighted by atomic mass is 19.4. The minimum atomic E-state index is -4.49. The number of aromatic nitrogens is 1. The summed E-state index contributed by atoms with van der Waals surface area (Å²) in [6.07, 6.45) is -4.24. The first-order valence-electron chi connectivity index (χ1n) is 7.46. The van der Waals surface area contributed by atoms with E-state index in [-0.39, 0.29) is 29.4 Å². The van der Waals surface area contributed by atoms with Gasteiger partial charge in [-0.05, 0) is 37.3 Å². The van der Waals surface area contributed by atoms with Crippen LogP contribution in [0.3, 0.4) is 0 Å². The SMILES string of the molecule is CCC(=O)Nc1cc(C(=O)Nc2cccc(C(F)(F)F)c2)cc(C)n1. The first-order valence-corrected chi connectivity index (χ1v) is 7.46. The van der Waals surface area contributed by atoms with Crippen molar-refractivity contribution in [1.82, 2.24) is 4.98 Å². The molecular weight excluding hydrogens is 335 g/mol. The molecule has 0 spiro atoms. The third-order valence-corrected chi connectivity index (χ3v) is 3.25. The summed E-state index contributed by atoms with van der Waals surface area (Å²) in [6.45, 7) is 3.31. The molecule has 0 atom stereocenters. The second kappa shape index (κ2) is 7.33. The molecule has 2 amide bonds. The Morgan fingerprint density at radius 2 is 1.84 bits per heavy atom. The van der Waals surface area contributed by atoms with Crippen molar-refractivity contribution in [2.45, 2.75) is 26.4 Å². The zero-order valence-corrected chi connectivity index (χ0v) is 13.6. The fraction of sp³-hybridized carbons (Fsp3) is 0.235. The average molecular weight is 351 g/mol. The smallest absolute Gasteiger partial charge is 0.322 e. The summed E-state index contributed by atoms with van der Waals surface area (Å²) in [5, 5.41) is 4.95. The van der Waals surface area contributed by atoms with Crippen LogP contribution in [-0.2, 0) is 11.0 Å².